The van der Waals surface area contributed by atoms with Gasteiger partial charge in [0.2, 0.25) is 0 Å². The number of unbranched alkanes of at least 4 members (excludes halogenated alkanes) is 9. The van der Waals surface area contributed by atoms with Crippen molar-refractivity contribution in [1.29, 1.82) is 0 Å². The van der Waals surface area contributed by atoms with Gasteiger partial charge in [-0.1, -0.05) is 76.8 Å². The van der Waals surface area contributed by atoms with Crippen molar-refractivity contribution in [2.24, 2.45) is 0 Å². The molecule has 0 unspecified atom stereocenters. The fourth-order valence-corrected chi connectivity index (χ4v) is 5.08. The first-order valence-corrected chi connectivity index (χ1v) is 14.4. The molecule has 0 bridgehead atoms. The predicted octanol–water partition coefficient (Wildman–Crippen LogP) is 9.32. The van der Waals surface area contributed by atoms with Crippen LogP contribution in [0.25, 0.3) is 0 Å². The Balaban J connectivity index is 0.00000481. The SMILES string of the molecule is Br.CCCCCCCCCCCCOc1ccc(NC(=O)c2cccc(CN3C=C(C)SC3)c2)cc1F. The first kappa shape index (κ1) is 31.2. The Morgan fingerprint density at radius 3 is 2.35 bits per heavy atom. The molecule has 0 atom stereocenters. The fraction of sp³-hybridized carbons (Fsp3) is 0.500. The zero-order valence-corrected chi connectivity index (χ0v) is 24.8. The van der Waals surface area contributed by atoms with Gasteiger partial charge in [0.25, 0.3) is 5.91 Å². The summed E-state index contributed by atoms with van der Waals surface area (Å²) >= 11 is 1.81. The third kappa shape index (κ3) is 11.5. The number of rotatable bonds is 16. The number of thioether (sulfide) groups is 1. The Hall–Kier alpha value is -1.99. The molecule has 2 aromatic rings. The first-order chi connectivity index (χ1) is 17.5. The van der Waals surface area contributed by atoms with Crippen molar-refractivity contribution in [1.82, 2.24) is 4.90 Å². The maximum absolute atomic E-state index is 14.5. The molecule has 1 aliphatic heterocycles. The van der Waals surface area contributed by atoms with Crippen molar-refractivity contribution in [3.8, 4) is 5.75 Å². The Labute approximate surface area is 237 Å². The number of carbonyl (C=O) groups excluding carboxylic acids is 1. The molecule has 0 saturated heterocycles. The second-order valence-corrected chi connectivity index (χ2v) is 10.8. The number of allylic oxidation sites excluding steroid dienone is 1. The molecule has 1 N–H and O–H groups in total. The highest BCUT2D eigenvalue weighted by Gasteiger charge is 2.13. The number of nitrogens with zero attached hydrogens (tertiary/aromatic N) is 1. The van der Waals surface area contributed by atoms with Crippen LogP contribution in [0.15, 0.2) is 53.6 Å². The van der Waals surface area contributed by atoms with Crippen LogP contribution >= 0.6 is 28.7 Å². The molecule has 1 amide bonds. The normalized spacial score (nSPS) is 12.7. The van der Waals surface area contributed by atoms with Gasteiger partial charge in [-0.05, 0) is 48.1 Å². The number of carbonyl (C=O) groups is 1. The van der Waals surface area contributed by atoms with E-state index in [-0.39, 0.29) is 28.6 Å². The molecule has 7 heteroatoms. The zero-order chi connectivity index (χ0) is 25.6. The lowest BCUT2D eigenvalue weighted by Crippen LogP contribution is -2.15. The van der Waals surface area contributed by atoms with E-state index < -0.39 is 5.82 Å². The molecule has 0 aliphatic carbocycles. The second kappa shape index (κ2) is 17.5. The van der Waals surface area contributed by atoms with Crippen LogP contribution in [0.3, 0.4) is 0 Å². The van der Waals surface area contributed by atoms with E-state index in [9.17, 15) is 9.18 Å². The first-order valence-electron chi connectivity index (χ1n) is 13.4. The van der Waals surface area contributed by atoms with Gasteiger partial charge in [-0.15, -0.1) is 28.7 Å². The molecule has 4 nitrogen and oxygen atoms in total. The number of amides is 1. The Morgan fingerprint density at radius 2 is 1.70 bits per heavy atom. The van der Waals surface area contributed by atoms with E-state index >= 15 is 0 Å². The standard InChI is InChI=1S/C30H41FN2O2S.BrH/c1-3-4-5-6-7-8-9-10-11-12-18-35-29-17-16-27(20-28(29)31)32-30(34)26-15-13-14-25(19-26)22-33-21-24(2)36-23-33;/h13-17,19-21H,3-12,18,22-23H2,1-2H3,(H,32,34);1H. The third-order valence-electron chi connectivity index (χ3n) is 6.34. The quantitative estimate of drug-likeness (QED) is 0.197. The van der Waals surface area contributed by atoms with Crippen molar-refractivity contribution in [3.63, 3.8) is 0 Å². The highest BCUT2D eigenvalue weighted by Crippen LogP contribution is 2.26. The molecular weight excluding hydrogens is 551 g/mol. The van der Waals surface area contributed by atoms with E-state index in [0.717, 1.165) is 30.8 Å². The number of hydrogen-bond acceptors (Lipinski definition) is 4. The minimum Gasteiger partial charge on any atom is -0.491 e. The number of hydrogen-bond donors (Lipinski definition) is 1. The third-order valence-corrected chi connectivity index (χ3v) is 7.36. The molecule has 1 heterocycles. The molecule has 0 aromatic heterocycles. The van der Waals surface area contributed by atoms with Gasteiger partial charge >= 0.3 is 0 Å². The predicted molar refractivity (Wildman–Crippen MR) is 160 cm³/mol. The minimum atomic E-state index is -0.456. The van der Waals surface area contributed by atoms with Crippen molar-refractivity contribution >= 4 is 40.3 Å². The number of halogens is 2. The molecule has 0 radical (unpaired) electrons. The summed E-state index contributed by atoms with van der Waals surface area (Å²) in [7, 11) is 0. The van der Waals surface area contributed by atoms with E-state index in [4.69, 9.17) is 4.74 Å². The topological polar surface area (TPSA) is 41.6 Å². The lowest BCUT2D eigenvalue weighted by atomic mass is 10.1. The zero-order valence-electron chi connectivity index (χ0n) is 22.3. The lowest BCUT2D eigenvalue weighted by Gasteiger charge is -2.15. The fourth-order valence-electron chi connectivity index (χ4n) is 4.32. The van der Waals surface area contributed by atoms with Gasteiger partial charge in [-0.2, -0.15) is 0 Å². The van der Waals surface area contributed by atoms with E-state index in [2.05, 4.69) is 30.3 Å². The van der Waals surface area contributed by atoms with Crippen molar-refractivity contribution in [3.05, 3.63) is 70.5 Å². The Kier molecular flexibility index (Phi) is 14.8. The van der Waals surface area contributed by atoms with E-state index in [1.165, 1.54) is 62.3 Å². The summed E-state index contributed by atoms with van der Waals surface area (Å²) in [4.78, 5) is 16.3. The summed E-state index contributed by atoms with van der Waals surface area (Å²) in [5.74, 6) is 0.452. The van der Waals surface area contributed by atoms with Crippen LogP contribution in [0.5, 0.6) is 5.75 Å². The Morgan fingerprint density at radius 1 is 1.00 bits per heavy atom. The minimum absolute atomic E-state index is 0. The van der Waals surface area contributed by atoms with Crippen molar-refractivity contribution < 1.29 is 13.9 Å². The maximum Gasteiger partial charge on any atom is 0.255 e. The summed E-state index contributed by atoms with van der Waals surface area (Å²) in [5, 5.41) is 2.80. The molecule has 37 heavy (non-hydrogen) atoms. The van der Waals surface area contributed by atoms with E-state index in [1.54, 1.807) is 18.2 Å². The largest absolute Gasteiger partial charge is 0.491 e. The van der Waals surface area contributed by atoms with Gasteiger partial charge in [0, 0.05) is 30.1 Å². The molecular formula is C30H42BrFN2O2S. The molecule has 0 saturated carbocycles. The summed E-state index contributed by atoms with van der Waals surface area (Å²) in [6.45, 7) is 5.61. The number of anilines is 1. The Bertz CT molecular complexity index is 1000. The summed E-state index contributed by atoms with van der Waals surface area (Å²) in [5.41, 5.74) is 2.04. The average Bonchev–Trinajstić information content (AvgIpc) is 3.28. The van der Waals surface area contributed by atoms with E-state index in [1.807, 2.05) is 30.0 Å². The summed E-state index contributed by atoms with van der Waals surface area (Å²) in [6, 6.07) is 12.2. The van der Waals surface area contributed by atoms with Gasteiger partial charge in [-0.3, -0.25) is 4.79 Å². The number of nitrogens with one attached hydrogen (secondary N) is 1. The number of ether oxygens (including phenoxy) is 1. The molecule has 2 aromatic carbocycles. The smallest absolute Gasteiger partial charge is 0.255 e. The van der Waals surface area contributed by atoms with Crippen LogP contribution < -0.4 is 10.1 Å². The molecule has 204 valence electrons. The van der Waals surface area contributed by atoms with Gasteiger partial charge in [0.1, 0.15) is 0 Å². The molecule has 1 aliphatic rings. The van der Waals surface area contributed by atoms with Crippen LogP contribution in [-0.2, 0) is 6.54 Å². The van der Waals surface area contributed by atoms with Crippen LogP contribution in [-0.4, -0.2) is 23.3 Å². The van der Waals surface area contributed by atoms with Gasteiger partial charge in [0.15, 0.2) is 11.6 Å². The highest BCUT2D eigenvalue weighted by atomic mass is 79.9. The number of benzene rings is 2. The monoisotopic (exact) mass is 592 g/mol. The lowest BCUT2D eigenvalue weighted by molar-refractivity contribution is 0.102. The van der Waals surface area contributed by atoms with Gasteiger partial charge in [0.05, 0.1) is 12.5 Å². The molecule has 3 rings (SSSR count). The van der Waals surface area contributed by atoms with Crippen LogP contribution in [0.1, 0.15) is 94.0 Å². The van der Waals surface area contributed by atoms with Gasteiger partial charge < -0.3 is 15.0 Å². The summed E-state index contributed by atoms with van der Waals surface area (Å²) < 4.78 is 20.2. The average molecular weight is 594 g/mol. The van der Waals surface area contributed by atoms with Crippen LogP contribution in [0.4, 0.5) is 10.1 Å². The molecule has 0 fully saturated rings. The summed E-state index contributed by atoms with van der Waals surface area (Å²) in [6.07, 6.45) is 14.7. The molecule has 0 spiro atoms. The second-order valence-electron chi connectivity index (χ2n) is 9.59. The van der Waals surface area contributed by atoms with Crippen LogP contribution in [0, 0.1) is 5.82 Å². The van der Waals surface area contributed by atoms with Crippen LogP contribution in [0.2, 0.25) is 0 Å². The highest BCUT2D eigenvalue weighted by molar-refractivity contribution is 8.93. The van der Waals surface area contributed by atoms with Gasteiger partial charge in [-0.25, -0.2) is 4.39 Å². The van der Waals surface area contributed by atoms with Crippen molar-refractivity contribution in [2.45, 2.75) is 84.6 Å². The maximum atomic E-state index is 14.5. The van der Waals surface area contributed by atoms with Crippen molar-refractivity contribution in [2.75, 3.05) is 17.8 Å². The van der Waals surface area contributed by atoms with E-state index in [0.29, 0.717) is 17.9 Å².